The molecule has 1 aromatic rings. The van der Waals surface area contributed by atoms with Gasteiger partial charge in [-0.2, -0.15) is 0 Å². The average Bonchev–Trinajstić information content (AvgIpc) is 2.29. The van der Waals surface area contributed by atoms with E-state index in [0.717, 1.165) is 17.2 Å². The van der Waals surface area contributed by atoms with E-state index in [1.165, 1.54) is 0 Å². The third-order valence-electron chi connectivity index (χ3n) is 2.26. The molecule has 4 heteroatoms. The van der Waals surface area contributed by atoms with E-state index in [4.69, 9.17) is 4.74 Å². The van der Waals surface area contributed by atoms with Crippen molar-refractivity contribution in [3.63, 3.8) is 0 Å². The molecule has 0 spiro atoms. The smallest absolute Gasteiger partial charge is 0.120 e. The first-order valence-electron chi connectivity index (χ1n) is 5.43. The van der Waals surface area contributed by atoms with Gasteiger partial charge in [0, 0.05) is 16.7 Å². The summed E-state index contributed by atoms with van der Waals surface area (Å²) in [6.07, 6.45) is 0. The summed E-state index contributed by atoms with van der Waals surface area (Å²) < 4.78 is 17.1. The van der Waals surface area contributed by atoms with E-state index in [-0.39, 0.29) is 6.04 Å². The van der Waals surface area contributed by atoms with Crippen molar-refractivity contribution in [1.29, 1.82) is 0 Å². The van der Waals surface area contributed by atoms with Crippen molar-refractivity contribution < 1.29 is 8.95 Å². The van der Waals surface area contributed by atoms with Crippen LogP contribution in [0.5, 0.6) is 5.75 Å². The first-order valence-corrected chi connectivity index (χ1v) is 6.75. The summed E-state index contributed by atoms with van der Waals surface area (Å²) in [5.41, 5.74) is 0. The van der Waals surface area contributed by atoms with Crippen molar-refractivity contribution in [2.75, 3.05) is 19.4 Å². The third-order valence-corrected chi connectivity index (χ3v) is 3.84. The quantitative estimate of drug-likeness (QED) is 0.825. The second-order valence-corrected chi connectivity index (χ2v) is 5.15. The lowest BCUT2D eigenvalue weighted by Gasteiger charge is -2.12. The van der Waals surface area contributed by atoms with Crippen LogP contribution in [0.15, 0.2) is 29.2 Å². The van der Waals surface area contributed by atoms with Gasteiger partial charge in [0.05, 0.1) is 17.9 Å². The van der Waals surface area contributed by atoms with E-state index in [1.54, 1.807) is 7.11 Å². The lowest BCUT2D eigenvalue weighted by atomic mass is 10.3. The van der Waals surface area contributed by atoms with Gasteiger partial charge in [-0.05, 0) is 31.7 Å². The number of ether oxygens (including phenoxy) is 1. The Hall–Kier alpha value is -0.870. The Balaban J connectivity index is 2.65. The Morgan fingerprint density at radius 3 is 2.88 bits per heavy atom. The van der Waals surface area contributed by atoms with Crippen molar-refractivity contribution in [3.05, 3.63) is 24.3 Å². The molecule has 16 heavy (non-hydrogen) atoms. The molecular weight excluding hydrogens is 222 g/mol. The molecule has 0 aliphatic carbocycles. The second kappa shape index (κ2) is 6.66. The van der Waals surface area contributed by atoms with Gasteiger partial charge in [-0.15, -0.1) is 0 Å². The van der Waals surface area contributed by atoms with Crippen LogP contribution in [0, 0.1) is 0 Å². The maximum Gasteiger partial charge on any atom is 0.120 e. The highest BCUT2D eigenvalue weighted by molar-refractivity contribution is 7.85. The molecular formula is C12H19NO2S. The van der Waals surface area contributed by atoms with Gasteiger partial charge in [-0.3, -0.25) is 4.21 Å². The Labute approximate surface area is 99.7 Å². The summed E-state index contributed by atoms with van der Waals surface area (Å²) >= 11 is 0. The van der Waals surface area contributed by atoms with Crippen LogP contribution in [0.4, 0.5) is 0 Å². The van der Waals surface area contributed by atoms with Gasteiger partial charge in [0.1, 0.15) is 5.75 Å². The Morgan fingerprint density at radius 2 is 2.25 bits per heavy atom. The number of hydrogen-bond acceptors (Lipinski definition) is 3. The fraction of sp³-hybridized carbons (Fsp3) is 0.500. The molecule has 0 aliphatic heterocycles. The molecule has 0 saturated carbocycles. The molecule has 0 heterocycles. The van der Waals surface area contributed by atoms with Gasteiger partial charge < -0.3 is 10.1 Å². The number of hydrogen-bond donors (Lipinski definition) is 1. The predicted molar refractivity (Wildman–Crippen MR) is 67.4 cm³/mol. The highest BCUT2D eigenvalue weighted by Gasteiger charge is 2.09. The van der Waals surface area contributed by atoms with E-state index < -0.39 is 10.8 Å². The molecule has 0 saturated heterocycles. The summed E-state index contributed by atoms with van der Waals surface area (Å²) in [5, 5.41) is 3.25. The first-order chi connectivity index (χ1) is 7.67. The van der Waals surface area contributed by atoms with Crippen molar-refractivity contribution in [2.45, 2.75) is 24.8 Å². The largest absolute Gasteiger partial charge is 0.497 e. The average molecular weight is 241 g/mol. The standard InChI is InChI=1S/C12H19NO2S/c1-4-13-10(2)9-16(14)12-7-5-6-11(8-12)15-3/h5-8,10,13H,4,9H2,1-3H3. The molecule has 0 fully saturated rings. The molecule has 1 aromatic carbocycles. The summed E-state index contributed by atoms with van der Waals surface area (Å²) in [4.78, 5) is 0.823. The SMILES string of the molecule is CCNC(C)CS(=O)c1cccc(OC)c1. The molecule has 1 rings (SSSR count). The molecule has 2 unspecified atom stereocenters. The fourth-order valence-electron chi connectivity index (χ4n) is 1.47. The minimum atomic E-state index is -0.969. The maximum absolute atomic E-state index is 12.0. The molecule has 1 N–H and O–H groups in total. The molecule has 0 bridgehead atoms. The van der Waals surface area contributed by atoms with Crippen LogP contribution in [0.3, 0.4) is 0 Å². The van der Waals surface area contributed by atoms with E-state index in [0.29, 0.717) is 5.75 Å². The lowest BCUT2D eigenvalue weighted by molar-refractivity contribution is 0.413. The monoisotopic (exact) mass is 241 g/mol. The van der Waals surface area contributed by atoms with Crippen LogP contribution in [-0.2, 0) is 10.8 Å². The van der Waals surface area contributed by atoms with Crippen LogP contribution >= 0.6 is 0 Å². The van der Waals surface area contributed by atoms with Crippen molar-refractivity contribution in [1.82, 2.24) is 5.32 Å². The van der Waals surface area contributed by atoms with E-state index in [2.05, 4.69) is 5.32 Å². The molecule has 3 nitrogen and oxygen atoms in total. The van der Waals surface area contributed by atoms with Crippen LogP contribution in [0.1, 0.15) is 13.8 Å². The zero-order valence-electron chi connectivity index (χ0n) is 10.0. The molecule has 0 aromatic heterocycles. The summed E-state index contributed by atoms with van der Waals surface area (Å²) in [5.74, 6) is 1.38. The van der Waals surface area contributed by atoms with Crippen molar-refractivity contribution in [2.24, 2.45) is 0 Å². The van der Waals surface area contributed by atoms with Gasteiger partial charge in [0.2, 0.25) is 0 Å². The predicted octanol–water partition coefficient (Wildman–Crippen LogP) is 1.80. The van der Waals surface area contributed by atoms with Gasteiger partial charge in [0.25, 0.3) is 0 Å². The Kier molecular flexibility index (Phi) is 5.49. The van der Waals surface area contributed by atoms with E-state index >= 15 is 0 Å². The minimum Gasteiger partial charge on any atom is -0.497 e. The Bertz CT molecular complexity index is 355. The van der Waals surface area contributed by atoms with Crippen molar-refractivity contribution in [3.8, 4) is 5.75 Å². The van der Waals surface area contributed by atoms with Crippen LogP contribution < -0.4 is 10.1 Å². The van der Waals surface area contributed by atoms with E-state index in [9.17, 15) is 4.21 Å². The molecule has 0 aliphatic rings. The third kappa shape index (κ3) is 3.94. The minimum absolute atomic E-state index is 0.261. The molecule has 90 valence electrons. The molecule has 0 amide bonds. The van der Waals surface area contributed by atoms with Gasteiger partial charge in [0.15, 0.2) is 0 Å². The summed E-state index contributed by atoms with van der Waals surface area (Å²) in [6.45, 7) is 4.99. The van der Waals surface area contributed by atoms with Gasteiger partial charge in [-0.25, -0.2) is 0 Å². The number of benzene rings is 1. The number of nitrogens with one attached hydrogen (secondary N) is 1. The van der Waals surface area contributed by atoms with Crippen LogP contribution in [-0.4, -0.2) is 29.7 Å². The number of rotatable bonds is 6. The highest BCUT2D eigenvalue weighted by atomic mass is 32.2. The lowest BCUT2D eigenvalue weighted by Crippen LogP contribution is -2.30. The summed E-state index contributed by atoms with van der Waals surface area (Å²) in [7, 11) is 0.645. The number of methoxy groups -OCH3 is 1. The first kappa shape index (κ1) is 13.2. The van der Waals surface area contributed by atoms with Gasteiger partial charge in [-0.1, -0.05) is 13.0 Å². The maximum atomic E-state index is 12.0. The highest BCUT2D eigenvalue weighted by Crippen LogP contribution is 2.16. The van der Waals surface area contributed by atoms with Crippen molar-refractivity contribution >= 4 is 10.8 Å². The van der Waals surface area contributed by atoms with Crippen LogP contribution in [0.25, 0.3) is 0 Å². The normalized spacial score (nSPS) is 14.4. The fourth-order valence-corrected chi connectivity index (χ4v) is 2.72. The van der Waals surface area contributed by atoms with E-state index in [1.807, 2.05) is 38.1 Å². The van der Waals surface area contributed by atoms with Gasteiger partial charge >= 0.3 is 0 Å². The Morgan fingerprint density at radius 1 is 1.50 bits per heavy atom. The zero-order chi connectivity index (χ0) is 12.0. The topological polar surface area (TPSA) is 38.3 Å². The van der Waals surface area contributed by atoms with Crippen LogP contribution in [0.2, 0.25) is 0 Å². The second-order valence-electron chi connectivity index (χ2n) is 3.65. The summed E-state index contributed by atoms with van der Waals surface area (Å²) in [6, 6.07) is 7.68. The zero-order valence-corrected chi connectivity index (χ0v) is 10.8. The molecule has 0 radical (unpaired) electrons. The molecule has 2 atom stereocenters.